The first-order valence-electron chi connectivity index (χ1n) is 2.72. The molecule has 0 aromatic heterocycles. The monoisotopic (exact) mass is 147 g/mol. The van der Waals surface area contributed by atoms with Crippen LogP contribution in [-0.4, -0.2) is 16.5 Å². The van der Waals surface area contributed by atoms with Gasteiger partial charge in [-0.15, -0.1) is 11.8 Å². The van der Waals surface area contributed by atoms with Crippen molar-refractivity contribution in [3.8, 4) is 0 Å². The average molecular weight is 147 g/mol. The Morgan fingerprint density at radius 1 is 2.00 bits per heavy atom. The minimum absolute atomic E-state index is 0.722. The van der Waals surface area contributed by atoms with E-state index in [1.807, 2.05) is 18.0 Å². The summed E-state index contributed by atoms with van der Waals surface area (Å²) in [6.45, 7) is 2.18. The van der Waals surface area contributed by atoms with E-state index in [2.05, 4.69) is 11.3 Å². The zero-order valence-electron chi connectivity index (χ0n) is 4.83. The van der Waals surface area contributed by atoms with Crippen LogP contribution in [0, 0.1) is 0 Å². The molecule has 46 valence electrons. The van der Waals surface area contributed by atoms with E-state index in [-0.39, 0.29) is 0 Å². The molecule has 1 aliphatic heterocycles. The van der Waals surface area contributed by atoms with Gasteiger partial charge in [-0.3, -0.25) is 0 Å². The molecule has 0 spiro atoms. The van der Waals surface area contributed by atoms with Crippen LogP contribution in [0.3, 0.4) is 0 Å². The van der Waals surface area contributed by atoms with Gasteiger partial charge in [-0.2, -0.15) is 0 Å². The van der Waals surface area contributed by atoms with Crippen LogP contribution in [0.25, 0.3) is 0 Å². The lowest BCUT2D eigenvalue weighted by Gasteiger charge is -2.00. The molecule has 0 aromatic carbocycles. The first-order chi connectivity index (χ1) is 3.93. The zero-order valence-corrected chi connectivity index (χ0v) is 6.47. The third-order valence-electron chi connectivity index (χ3n) is 0.903. The molecule has 0 saturated carbocycles. The highest BCUT2D eigenvalue weighted by Crippen LogP contribution is 2.30. The van der Waals surface area contributed by atoms with E-state index in [0.717, 1.165) is 11.0 Å². The number of hydrogen-bond donors (Lipinski definition) is 0. The molecule has 0 amide bonds. The molecule has 1 rings (SSSR count). The van der Waals surface area contributed by atoms with E-state index in [4.69, 9.17) is 0 Å². The van der Waals surface area contributed by atoms with Crippen LogP contribution in [0.5, 0.6) is 0 Å². The molecule has 0 N–H and O–H groups in total. The molecule has 1 unspecified atom stereocenters. The summed E-state index contributed by atoms with van der Waals surface area (Å²) >= 11 is 3.68. The molecular weight excluding hydrogens is 138 g/mol. The van der Waals surface area contributed by atoms with Crippen molar-refractivity contribution in [1.29, 1.82) is 0 Å². The van der Waals surface area contributed by atoms with Crippen LogP contribution in [0.15, 0.2) is 4.40 Å². The molecule has 3 heteroatoms. The van der Waals surface area contributed by atoms with Crippen molar-refractivity contribution in [3.63, 3.8) is 0 Å². The summed E-state index contributed by atoms with van der Waals surface area (Å²) in [6, 6.07) is 0. The SMILES string of the molecule is CCSC1CC=NS1. The Morgan fingerprint density at radius 3 is 3.38 bits per heavy atom. The molecule has 1 heterocycles. The van der Waals surface area contributed by atoms with Crippen molar-refractivity contribution in [2.45, 2.75) is 17.9 Å². The van der Waals surface area contributed by atoms with E-state index in [0.29, 0.717) is 0 Å². The molecule has 1 nitrogen and oxygen atoms in total. The summed E-state index contributed by atoms with van der Waals surface area (Å²) in [6.07, 6.45) is 3.15. The van der Waals surface area contributed by atoms with Crippen molar-refractivity contribution >= 4 is 29.9 Å². The topological polar surface area (TPSA) is 12.4 Å². The van der Waals surface area contributed by atoms with E-state index in [1.165, 1.54) is 5.75 Å². The van der Waals surface area contributed by atoms with Gasteiger partial charge in [-0.05, 0) is 17.7 Å². The number of nitrogens with zero attached hydrogens (tertiary/aromatic N) is 1. The highest BCUT2D eigenvalue weighted by atomic mass is 32.2. The first-order valence-corrected chi connectivity index (χ1v) is 4.61. The fraction of sp³-hybridized carbons (Fsp3) is 0.800. The van der Waals surface area contributed by atoms with E-state index >= 15 is 0 Å². The quantitative estimate of drug-likeness (QED) is 0.555. The van der Waals surface area contributed by atoms with E-state index in [9.17, 15) is 0 Å². The molecule has 0 aromatic rings. The molecule has 1 atom stereocenters. The van der Waals surface area contributed by atoms with Crippen molar-refractivity contribution in [3.05, 3.63) is 0 Å². The standard InChI is InChI=1S/C5H9NS2/c1-2-7-5-3-4-6-8-5/h4-5H,2-3H2,1H3. The van der Waals surface area contributed by atoms with Crippen LogP contribution in [0.1, 0.15) is 13.3 Å². The van der Waals surface area contributed by atoms with Gasteiger partial charge in [0.25, 0.3) is 0 Å². The predicted molar refractivity (Wildman–Crippen MR) is 42.6 cm³/mol. The Labute approximate surface area is 58.5 Å². The highest BCUT2D eigenvalue weighted by Gasteiger charge is 2.10. The van der Waals surface area contributed by atoms with Crippen molar-refractivity contribution in [1.82, 2.24) is 0 Å². The fourth-order valence-corrected chi connectivity index (χ4v) is 2.44. The van der Waals surface area contributed by atoms with Gasteiger partial charge in [0.15, 0.2) is 0 Å². The minimum Gasteiger partial charge on any atom is -0.228 e. The van der Waals surface area contributed by atoms with E-state index < -0.39 is 0 Å². The smallest absolute Gasteiger partial charge is 0.0770 e. The van der Waals surface area contributed by atoms with Crippen LogP contribution in [0.4, 0.5) is 0 Å². The Kier molecular flexibility index (Phi) is 2.76. The van der Waals surface area contributed by atoms with Gasteiger partial charge in [0.05, 0.1) is 4.58 Å². The lowest BCUT2D eigenvalue weighted by atomic mass is 10.5. The normalized spacial score (nSPS) is 26.9. The molecule has 0 bridgehead atoms. The van der Waals surface area contributed by atoms with Gasteiger partial charge >= 0.3 is 0 Å². The third-order valence-corrected chi connectivity index (χ3v) is 3.17. The predicted octanol–water partition coefficient (Wildman–Crippen LogP) is 2.19. The summed E-state index contributed by atoms with van der Waals surface area (Å²) in [7, 11) is 0. The summed E-state index contributed by atoms with van der Waals surface area (Å²) in [5, 5.41) is 0. The maximum Gasteiger partial charge on any atom is 0.0770 e. The third kappa shape index (κ3) is 1.71. The Balaban J connectivity index is 2.10. The van der Waals surface area contributed by atoms with Gasteiger partial charge in [0, 0.05) is 12.6 Å². The largest absolute Gasteiger partial charge is 0.228 e. The number of rotatable bonds is 2. The zero-order chi connectivity index (χ0) is 5.82. The van der Waals surface area contributed by atoms with Crippen LogP contribution in [-0.2, 0) is 0 Å². The minimum atomic E-state index is 0.722. The lowest BCUT2D eigenvalue weighted by molar-refractivity contribution is 1.29. The summed E-state index contributed by atoms with van der Waals surface area (Å²) < 4.78 is 4.78. The molecule has 0 fully saturated rings. The van der Waals surface area contributed by atoms with Gasteiger partial charge < -0.3 is 0 Å². The second-order valence-electron chi connectivity index (χ2n) is 1.51. The second-order valence-corrected chi connectivity index (χ2v) is 4.28. The maximum absolute atomic E-state index is 4.05. The summed E-state index contributed by atoms with van der Waals surface area (Å²) in [4.78, 5) is 0. The first kappa shape index (κ1) is 6.49. The highest BCUT2D eigenvalue weighted by molar-refractivity contribution is 8.16. The van der Waals surface area contributed by atoms with Crippen LogP contribution < -0.4 is 0 Å². The molecule has 1 aliphatic rings. The summed E-state index contributed by atoms with van der Waals surface area (Å²) in [5.41, 5.74) is 0. The average Bonchev–Trinajstić information content (AvgIpc) is 2.19. The second kappa shape index (κ2) is 3.41. The number of thioether (sulfide) groups is 1. The Hall–Kier alpha value is 0.370. The van der Waals surface area contributed by atoms with E-state index in [1.54, 1.807) is 11.9 Å². The maximum atomic E-state index is 4.05. The van der Waals surface area contributed by atoms with Crippen LogP contribution >= 0.6 is 23.7 Å². The fourth-order valence-electron chi connectivity index (χ4n) is 0.567. The molecular formula is C5H9NS2. The van der Waals surface area contributed by atoms with Gasteiger partial charge in [-0.1, -0.05) is 6.92 Å². The van der Waals surface area contributed by atoms with Crippen LogP contribution in [0.2, 0.25) is 0 Å². The summed E-state index contributed by atoms with van der Waals surface area (Å²) in [5.74, 6) is 1.21. The van der Waals surface area contributed by atoms with Crippen molar-refractivity contribution in [2.24, 2.45) is 4.40 Å². The molecule has 8 heavy (non-hydrogen) atoms. The molecule has 0 radical (unpaired) electrons. The van der Waals surface area contributed by atoms with Gasteiger partial charge in [0.2, 0.25) is 0 Å². The number of hydrogen-bond acceptors (Lipinski definition) is 3. The molecule has 0 aliphatic carbocycles. The Bertz CT molecular complexity index is 84.4. The van der Waals surface area contributed by atoms with Gasteiger partial charge in [-0.25, -0.2) is 4.40 Å². The van der Waals surface area contributed by atoms with Crippen molar-refractivity contribution < 1.29 is 0 Å². The molecule has 0 saturated heterocycles. The van der Waals surface area contributed by atoms with Crippen molar-refractivity contribution in [2.75, 3.05) is 5.75 Å². The Morgan fingerprint density at radius 2 is 2.88 bits per heavy atom. The van der Waals surface area contributed by atoms with Gasteiger partial charge in [0.1, 0.15) is 0 Å². The lowest BCUT2D eigenvalue weighted by Crippen LogP contribution is -1.89.